The number of likely N-dealkylation sites (tertiary alicyclic amines) is 1. The summed E-state index contributed by atoms with van der Waals surface area (Å²) in [5.74, 6) is 1.58. The smallest absolute Gasteiger partial charge is 0.393 e. The van der Waals surface area contributed by atoms with E-state index in [2.05, 4.69) is 25.9 Å². The number of nitrogens with one attached hydrogen (secondary N) is 2. The van der Waals surface area contributed by atoms with Crippen molar-refractivity contribution >= 4 is 17.6 Å². The van der Waals surface area contributed by atoms with Gasteiger partial charge in [-0.2, -0.15) is 13.2 Å². The van der Waals surface area contributed by atoms with Gasteiger partial charge in [0.05, 0.1) is 50.2 Å². The molecule has 1 unspecified atom stereocenters. The minimum Gasteiger partial charge on any atom is -0.393 e. The van der Waals surface area contributed by atoms with E-state index in [4.69, 9.17) is 11.6 Å². The first-order valence-corrected chi connectivity index (χ1v) is 11.4. The van der Waals surface area contributed by atoms with Gasteiger partial charge in [-0.15, -0.1) is 5.10 Å². The summed E-state index contributed by atoms with van der Waals surface area (Å²) in [5.41, 5.74) is 4.33. The van der Waals surface area contributed by atoms with E-state index in [9.17, 15) is 35.9 Å². The van der Waals surface area contributed by atoms with Crippen LogP contribution < -0.4 is 22.2 Å². The van der Waals surface area contributed by atoms with E-state index in [-0.39, 0.29) is 49.8 Å². The summed E-state index contributed by atoms with van der Waals surface area (Å²) in [6, 6.07) is 1.59. The summed E-state index contributed by atoms with van der Waals surface area (Å²) in [6.07, 6.45) is -2.84. The predicted molar refractivity (Wildman–Crippen MR) is 124 cm³/mol. The molecule has 214 valence electrons. The zero-order chi connectivity index (χ0) is 28.8. The Morgan fingerprint density at radius 3 is 2.67 bits per heavy atom. The van der Waals surface area contributed by atoms with E-state index in [0.717, 1.165) is 34.2 Å². The van der Waals surface area contributed by atoms with E-state index in [1.54, 1.807) is 0 Å². The molecule has 3 heterocycles. The normalized spacial score (nSPS) is 16.3. The van der Waals surface area contributed by atoms with Crippen LogP contribution in [0.3, 0.4) is 0 Å². The second kappa shape index (κ2) is 12.3. The van der Waals surface area contributed by atoms with E-state index >= 15 is 0 Å². The molecule has 1 atom stereocenters. The molecule has 1 fully saturated rings. The van der Waals surface area contributed by atoms with Crippen LogP contribution in [0, 0.1) is 0 Å². The molecule has 2 aromatic heterocycles. The van der Waals surface area contributed by atoms with Crippen LogP contribution in [-0.4, -0.2) is 80.0 Å². The average Bonchev–Trinajstić information content (AvgIpc) is 3.25. The Hall–Kier alpha value is -3.93. The van der Waals surface area contributed by atoms with E-state index in [1.165, 1.54) is 11.1 Å². The lowest BCUT2D eigenvalue weighted by atomic mass is 10.1. The molecule has 1 aliphatic rings. The topological polar surface area (TPSA) is 160 Å². The Bertz CT molecular complexity index is 1180. The zero-order valence-corrected chi connectivity index (χ0v) is 20.3. The van der Waals surface area contributed by atoms with Crippen LogP contribution in [0.2, 0.25) is 0 Å². The maximum Gasteiger partial charge on any atom is 0.416 e. The number of carbonyl (C=O) groups is 2. The molecule has 2 amide bonds. The maximum absolute atomic E-state index is 14.4. The van der Waals surface area contributed by atoms with Crippen LogP contribution in [0.5, 0.6) is 0 Å². The molecule has 0 radical (unpaired) electrons. The number of halogens is 6. The lowest BCUT2D eigenvalue weighted by Crippen LogP contribution is -2.57. The van der Waals surface area contributed by atoms with Crippen molar-refractivity contribution in [3.63, 3.8) is 0 Å². The Morgan fingerprint density at radius 1 is 1.28 bits per heavy atom. The molecule has 3 rings (SSSR count). The summed E-state index contributed by atoms with van der Waals surface area (Å²) in [7, 11) is 0. The fraction of sp³-hybridized carbons (Fsp3) is 0.476. The Balaban J connectivity index is 1.38. The Morgan fingerprint density at radius 2 is 2.00 bits per heavy atom. The molecule has 0 bridgehead atoms. The number of amides is 2. The van der Waals surface area contributed by atoms with Crippen molar-refractivity contribution < 1.29 is 35.9 Å². The third-order valence-corrected chi connectivity index (χ3v) is 5.31. The molecule has 6 N–H and O–H groups in total. The molecule has 1 aliphatic heterocycles. The largest absolute Gasteiger partial charge is 0.416 e. The van der Waals surface area contributed by atoms with Crippen molar-refractivity contribution in [3.05, 3.63) is 47.7 Å². The first kappa shape index (κ1) is 29.6. The number of nitrogens with two attached hydrogens (primary N) is 2. The van der Waals surface area contributed by atoms with Gasteiger partial charge in [0, 0.05) is 18.9 Å². The second-order valence-corrected chi connectivity index (χ2v) is 8.80. The SMILES string of the molecule is N/C(=C\N(N)CCC(F)Cn1cc(NC(=O)CN2CC(F)(F)C2)nn1)C(=O)NCc1cc(C(F)(F)F)ccn1. The van der Waals surface area contributed by atoms with Gasteiger partial charge < -0.3 is 21.4 Å². The Kier molecular flexibility index (Phi) is 9.33. The van der Waals surface area contributed by atoms with Gasteiger partial charge in [-0.1, -0.05) is 5.21 Å². The number of aromatic nitrogens is 4. The molecule has 12 nitrogen and oxygen atoms in total. The molecule has 1 saturated heterocycles. The van der Waals surface area contributed by atoms with Gasteiger partial charge in [0.25, 0.3) is 11.8 Å². The van der Waals surface area contributed by atoms with Crippen molar-refractivity contribution in [1.82, 2.24) is 35.2 Å². The molecule has 39 heavy (non-hydrogen) atoms. The summed E-state index contributed by atoms with van der Waals surface area (Å²) in [4.78, 5) is 29.0. The quantitative estimate of drug-likeness (QED) is 0.125. The number of nitrogens with zero attached hydrogens (tertiary/aromatic N) is 6. The van der Waals surface area contributed by atoms with Crippen LogP contribution in [0.1, 0.15) is 17.7 Å². The zero-order valence-electron chi connectivity index (χ0n) is 20.3. The van der Waals surface area contributed by atoms with Gasteiger partial charge in [0.1, 0.15) is 11.9 Å². The van der Waals surface area contributed by atoms with Crippen LogP contribution in [0.25, 0.3) is 0 Å². The minimum absolute atomic E-state index is 0.0296. The van der Waals surface area contributed by atoms with Crippen LogP contribution in [0.15, 0.2) is 36.4 Å². The highest BCUT2D eigenvalue weighted by Crippen LogP contribution is 2.29. The summed E-state index contributed by atoms with van der Waals surface area (Å²) < 4.78 is 79.5. The number of rotatable bonds is 12. The number of hydrazine groups is 1. The molecule has 0 aromatic carbocycles. The highest BCUT2D eigenvalue weighted by molar-refractivity contribution is 5.92. The lowest BCUT2D eigenvalue weighted by Gasteiger charge is -2.37. The summed E-state index contributed by atoms with van der Waals surface area (Å²) >= 11 is 0. The lowest BCUT2D eigenvalue weighted by molar-refractivity contribution is -0.141. The molecular formula is C21H26F6N10O2. The van der Waals surface area contributed by atoms with Crippen molar-refractivity contribution in [2.75, 3.05) is 31.5 Å². The number of hydrogen-bond donors (Lipinski definition) is 4. The highest BCUT2D eigenvalue weighted by Gasteiger charge is 2.44. The first-order valence-electron chi connectivity index (χ1n) is 11.4. The fourth-order valence-electron chi connectivity index (χ4n) is 3.46. The third-order valence-electron chi connectivity index (χ3n) is 5.31. The standard InChI is InChI=1S/C21H26F6N10O2/c22-14(7-37-9-17(33-34-37)32-18(38)10-35-11-20(23,24)12-35)2-4-36(29)8-16(28)19(39)31-6-15-5-13(1-3-30-15)21(25,26)27/h1,3,5,8-9,14H,2,4,6-7,10-12,28-29H2,(H,31,39)(H,32,38)/b16-8-. The van der Waals surface area contributed by atoms with Crippen LogP contribution >= 0.6 is 0 Å². The van der Waals surface area contributed by atoms with Gasteiger partial charge in [0.15, 0.2) is 5.82 Å². The number of pyridine rings is 1. The average molecular weight is 564 g/mol. The van der Waals surface area contributed by atoms with Crippen molar-refractivity contribution in [1.29, 1.82) is 0 Å². The van der Waals surface area contributed by atoms with Gasteiger partial charge in [-0.3, -0.25) is 19.5 Å². The summed E-state index contributed by atoms with van der Waals surface area (Å²) in [5, 5.41) is 13.0. The fourth-order valence-corrected chi connectivity index (χ4v) is 3.46. The van der Waals surface area contributed by atoms with Crippen molar-refractivity contribution in [3.8, 4) is 0 Å². The van der Waals surface area contributed by atoms with Crippen LogP contribution in [0.4, 0.5) is 32.2 Å². The van der Waals surface area contributed by atoms with Gasteiger partial charge in [-0.05, 0) is 18.6 Å². The molecule has 2 aromatic rings. The molecule has 0 saturated carbocycles. The van der Waals surface area contributed by atoms with Gasteiger partial charge >= 0.3 is 6.18 Å². The molecule has 0 aliphatic carbocycles. The second-order valence-electron chi connectivity index (χ2n) is 8.80. The minimum atomic E-state index is -4.56. The van der Waals surface area contributed by atoms with Gasteiger partial charge in [-0.25, -0.2) is 23.7 Å². The molecular weight excluding hydrogens is 538 g/mol. The van der Waals surface area contributed by atoms with E-state index < -0.39 is 48.7 Å². The number of anilines is 1. The number of alkyl halides is 6. The number of hydrogen-bond acceptors (Lipinski definition) is 9. The maximum atomic E-state index is 14.4. The first-order chi connectivity index (χ1) is 18.2. The monoisotopic (exact) mass is 564 g/mol. The third kappa shape index (κ3) is 9.40. The Labute approximate surface area is 218 Å². The van der Waals surface area contributed by atoms with Crippen molar-refractivity contribution in [2.45, 2.75) is 37.8 Å². The number of carbonyl (C=O) groups excluding carboxylic acids is 2. The molecule has 18 heteroatoms. The summed E-state index contributed by atoms with van der Waals surface area (Å²) in [6.45, 7) is -1.86. The van der Waals surface area contributed by atoms with Crippen LogP contribution in [-0.2, 0) is 28.9 Å². The predicted octanol–water partition coefficient (Wildman–Crippen LogP) is 0.602. The van der Waals surface area contributed by atoms with E-state index in [0.29, 0.717) is 0 Å². The molecule has 0 spiro atoms. The van der Waals surface area contributed by atoms with Gasteiger partial charge in [0.2, 0.25) is 5.91 Å². The highest BCUT2D eigenvalue weighted by atomic mass is 19.4. The van der Waals surface area contributed by atoms with E-state index in [1.807, 2.05) is 0 Å². The van der Waals surface area contributed by atoms with Crippen molar-refractivity contribution in [2.24, 2.45) is 11.6 Å².